The molecule has 0 radical (unpaired) electrons. The lowest BCUT2D eigenvalue weighted by atomic mass is 10.3. The van der Waals surface area contributed by atoms with Crippen molar-refractivity contribution in [2.45, 2.75) is 20.4 Å². The Morgan fingerprint density at radius 2 is 2.06 bits per heavy atom. The summed E-state index contributed by atoms with van der Waals surface area (Å²) in [5.74, 6) is 0. The summed E-state index contributed by atoms with van der Waals surface area (Å²) in [6.45, 7) is 6.17. The number of urea groups is 1. The van der Waals surface area contributed by atoms with Crippen molar-refractivity contribution in [2.75, 3.05) is 20.1 Å². The van der Waals surface area contributed by atoms with Gasteiger partial charge in [0.25, 0.3) is 0 Å². The van der Waals surface area contributed by atoms with Crippen molar-refractivity contribution < 1.29 is 4.79 Å². The second kappa shape index (κ2) is 6.25. The summed E-state index contributed by atoms with van der Waals surface area (Å²) in [4.78, 5) is 15.5. The van der Waals surface area contributed by atoms with Gasteiger partial charge in [-0.2, -0.15) is 0 Å². The molecule has 90 valence electrons. The monoisotopic (exact) mass is 304 g/mol. The molecule has 3 nitrogen and oxygen atoms in total. The lowest BCUT2D eigenvalue weighted by Gasteiger charge is -2.25. The van der Waals surface area contributed by atoms with Gasteiger partial charge in [0.1, 0.15) is 0 Å². The van der Waals surface area contributed by atoms with E-state index in [1.54, 1.807) is 16.2 Å². The van der Waals surface area contributed by atoms with Gasteiger partial charge >= 0.3 is 6.03 Å². The topological polar surface area (TPSA) is 23.6 Å². The summed E-state index contributed by atoms with van der Waals surface area (Å²) in [5.41, 5.74) is 1.17. The quantitative estimate of drug-likeness (QED) is 0.836. The summed E-state index contributed by atoms with van der Waals surface area (Å²) in [7, 11) is 1.84. The molecule has 0 aliphatic rings. The van der Waals surface area contributed by atoms with Crippen LogP contribution in [0, 0.1) is 0 Å². The van der Waals surface area contributed by atoms with Crippen LogP contribution >= 0.6 is 27.3 Å². The fourth-order valence-electron chi connectivity index (χ4n) is 1.51. The number of nitrogens with zero attached hydrogens (tertiary/aromatic N) is 2. The van der Waals surface area contributed by atoms with Gasteiger partial charge in [-0.25, -0.2) is 4.79 Å². The van der Waals surface area contributed by atoms with Gasteiger partial charge in [0, 0.05) is 26.7 Å². The van der Waals surface area contributed by atoms with Crippen LogP contribution in [0.3, 0.4) is 0 Å². The fraction of sp³-hybridized carbons (Fsp3) is 0.545. The van der Waals surface area contributed by atoms with E-state index in [2.05, 4.69) is 27.4 Å². The second-order valence-electron chi connectivity index (χ2n) is 3.57. The zero-order valence-corrected chi connectivity index (χ0v) is 12.3. The maximum atomic E-state index is 12.0. The third-order valence-corrected chi connectivity index (χ3v) is 3.96. The van der Waals surface area contributed by atoms with Crippen LogP contribution in [0.5, 0.6) is 0 Å². The minimum atomic E-state index is 0.0901. The second-order valence-corrected chi connectivity index (χ2v) is 5.86. The molecule has 0 aromatic carbocycles. The Balaban J connectivity index is 2.57. The van der Waals surface area contributed by atoms with Gasteiger partial charge in [0.15, 0.2) is 0 Å². The molecule has 0 atom stereocenters. The molecular weight excluding hydrogens is 288 g/mol. The first kappa shape index (κ1) is 13.5. The molecule has 0 spiro atoms. The highest BCUT2D eigenvalue weighted by Gasteiger charge is 2.15. The van der Waals surface area contributed by atoms with E-state index in [0.717, 1.165) is 16.9 Å². The molecule has 1 aromatic heterocycles. The molecule has 16 heavy (non-hydrogen) atoms. The van der Waals surface area contributed by atoms with Gasteiger partial charge in [0.2, 0.25) is 0 Å². The third kappa shape index (κ3) is 3.49. The standard InChI is InChI=1S/C11H17BrN2OS/c1-4-14(5-2)11(15)13(3)7-9-6-10(12)16-8-9/h6,8H,4-5,7H2,1-3H3. The van der Waals surface area contributed by atoms with E-state index >= 15 is 0 Å². The molecule has 0 saturated carbocycles. The average molecular weight is 305 g/mol. The number of halogens is 1. The fourth-order valence-corrected chi connectivity index (χ4v) is 2.71. The highest BCUT2D eigenvalue weighted by Crippen LogP contribution is 2.21. The zero-order chi connectivity index (χ0) is 12.1. The van der Waals surface area contributed by atoms with Crippen LogP contribution in [0.1, 0.15) is 19.4 Å². The molecule has 0 N–H and O–H groups in total. The molecule has 0 bridgehead atoms. The van der Waals surface area contributed by atoms with Gasteiger partial charge in [-0.1, -0.05) is 0 Å². The predicted molar refractivity (Wildman–Crippen MR) is 71.8 cm³/mol. The first-order chi connectivity index (χ1) is 7.58. The van der Waals surface area contributed by atoms with E-state index in [0.29, 0.717) is 6.54 Å². The molecule has 0 aliphatic carbocycles. The Labute approximate surface area is 109 Å². The van der Waals surface area contributed by atoms with Gasteiger partial charge < -0.3 is 9.80 Å². The van der Waals surface area contributed by atoms with Crippen molar-refractivity contribution in [1.29, 1.82) is 0 Å². The molecule has 5 heteroatoms. The van der Waals surface area contributed by atoms with Gasteiger partial charge in [-0.05, 0) is 46.8 Å². The Morgan fingerprint density at radius 1 is 1.44 bits per heavy atom. The molecule has 0 aliphatic heterocycles. The molecule has 1 rings (SSSR count). The number of carbonyl (C=O) groups excluding carboxylic acids is 1. The number of hydrogen-bond acceptors (Lipinski definition) is 2. The number of amides is 2. The summed E-state index contributed by atoms with van der Waals surface area (Å²) in [6, 6.07) is 2.14. The van der Waals surface area contributed by atoms with Gasteiger partial charge in [-0.15, -0.1) is 11.3 Å². The Morgan fingerprint density at radius 3 is 2.50 bits per heavy atom. The predicted octanol–water partition coefficient (Wildman–Crippen LogP) is 3.40. The maximum absolute atomic E-state index is 12.0. The number of hydrogen-bond donors (Lipinski definition) is 0. The van der Waals surface area contributed by atoms with Crippen LogP contribution in [0.25, 0.3) is 0 Å². The summed E-state index contributed by atoms with van der Waals surface area (Å²) >= 11 is 5.06. The van der Waals surface area contributed by atoms with Crippen molar-refractivity contribution >= 4 is 33.3 Å². The van der Waals surface area contributed by atoms with E-state index in [9.17, 15) is 4.79 Å². The highest BCUT2D eigenvalue weighted by molar-refractivity contribution is 9.11. The van der Waals surface area contributed by atoms with E-state index in [-0.39, 0.29) is 6.03 Å². The lowest BCUT2D eigenvalue weighted by molar-refractivity contribution is 0.165. The van der Waals surface area contributed by atoms with Crippen LogP contribution < -0.4 is 0 Å². The van der Waals surface area contributed by atoms with Gasteiger partial charge in [0.05, 0.1) is 3.79 Å². The molecule has 0 fully saturated rings. The molecule has 0 unspecified atom stereocenters. The zero-order valence-electron chi connectivity index (χ0n) is 9.86. The molecule has 0 saturated heterocycles. The van der Waals surface area contributed by atoms with Crippen molar-refractivity contribution in [3.05, 3.63) is 20.8 Å². The van der Waals surface area contributed by atoms with E-state index in [4.69, 9.17) is 0 Å². The molecule has 1 aromatic rings. The Bertz CT molecular complexity index is 350. The van der Waals surface area contributed by atoms with Crippen molar-refractivity contribution in [3.63, 3.8) is 0 Å². The smallest absolute Gasteiger partial charge is 0.320 e. The van der Waals surface area contributed by atoms with Crippen molar-refractivity contribution in [2.24, 2.45) is 0 Å². The lowest BCUT2D eigenvalue weighted by Crippen LogP contribution is -2.40. The Hall–Kier alpha value is -0.550. The largest absolute Gasteiger partial charge is 0.325 e. The van der Waals surface area contributed by atoms with Crippen molar-refractivity contribution in [1.82, 2.24) is 9.80 Å². The Kier molecular flexibility index (Phi) is 5.28. The van der Waals surface area contributed by atoms with Crippen LogP contribution in [0.2, 0.25) is 0 Å². The van der Waals surface area contributed by atoms with Crippen LogP contribution in [0.4, 0.5) is 4.79 Å². The normalized spacial score (nSPS) is 10.2. The average Bonchev–Trinajstić information content (AvgIpc) is 2.65. The van der Waals surface area contributed by atoms with E-state index < -0.39 is 0 Å². The van der Waals surface area contributed by atoms with Crippen LogP contribution in [-0.2, 0) is 6.54 Å². The summed E-state index contributed by atoms with van der Waals surface area (Å²) in [5, 5.41) is 2.07. The highest BCUT2D eigenvalue weighted by atomic mass is 79.9. The number of thiophene rings is 1. The van der Waals surface area contributed by atoms with E-state index in [1.165, 1.54) is 5.56 Å². The number of carbonyl (C=O) groups is 1. The SMILES string of the molecule is CCN(CC)C(=O)N(C)Cc1csc(Br)c1. The van der Waals surface area contributed by atoms with Crippen LogP contribution in [-0.4, -0.2) is 36.0 Å². The minimum absolute atomic E-state index is 0.0901. The maximum Gasteiger partial charge on any atom is 0.320 e. The van der Waals surface area contributed by atoms with Crippen molar-refractivity contribution in [3.8, 4) is 0 Å². The number of rotatable bonds is 4. The summed E-state index contributed by atoms with van der Waals surface area (Å²) in [6.07, 6.45) is 0. The molecular formula is C11H17BrN2OS. The first-order valence-corrected chi connectivity index (χ1v) is 6.98. The van der Waals surface area contributed by atoms with Crippen LogP contribution in [0.15, 0.2) is 15.2 Å². The minimum Gasteiger partial charge on any atom is -0.325 e. The molecule has 1 heterocycles. The summed E-state index contributed by atoms with van der Waals surface area (Å²) < 4.78 is 1.10. The molecule has 2 amide bonds. The third-order valence-electron chi connectivity index (χ3n) is 2.40. The van der Waals surface area contributed by atoms with E-state index in [1.807, 2.05) is 25.8 Å². The first-order valence-electron chi connectivity index (χ1n) is 5.31. The van der Waals surface area contributed by atoms with Gasteiger partial charge in [-0.3, -0.25) is 0 Å².